The van der Waals surface area contributed by atoms with Crippen LogP contribution in [0.1, 0.15) is 25.0 Å². The van der Waals surface area contributed by atoms with E-state index < -0.39 is 0 Å². The molecule has 0 amide bonds. The maximum atomic E-state index is 9.37. The summed E-state index contributed by atoms with van der Waals surface area (Å²) in [5.41, 5.74) is 3.21. The molecule has 19 heavy (non-hydrogen) atoms. The molecule has 0 bridgehead atoms. The molecule has 98 valence electrons. The third-order valence-electron chi connectivity index (χ3n) is 2.86. The van der Waals surface area contributed by atoms with Crippen molar-refractivity contribution in [3.05, 3.63) is 65.7 Å². The normalized spacial score (nSPS) is 10.5. The maximum absolute atomic E-state index is 9.37. The van der Waals surface area contributed by atoms with Gasteiger partial charge >= 0.3 is 0 Å². The van der Waals surface area contributed by atoms with Crippen LogP contribution in [0.4, 0.5) is 0 Å². The average molecular weight is 254 g/mol. The van der Waals surface area contributed by atoms with E-state index in [4.69, 9.17) is 0 Å². The molecule has 0 aliphatic heterocycles. The van der Waals surface area contributed by atoms with Gasteiger partial charge in [0.1, 0.15) is 11.5 Å². The first-order chi connectivity index (χ1) is 9.06. The fourth-order valence-corrected chi connectivity index (χ4v) is 1.97. The maximum Gasteiger partial charge on any atom is 0.115 e. The molecule has 0 radical (unpaired) electrons. The highest BCUT2D eigenvalue weighted by molar-refractivity contribution is 5.80. The van der Waals surface area contributed by atoms with Crippen LogP contribution >= 0.6 is 0 Å². The van der Waals surface area contributed by atoms with Crippen molar-refractivity contribution in [1.29, 1.82) is 0 Å². The van der Waals surface area contributed by atoms with E-state index in [9.17, 15) is 10.2 Å². The van der Waals surface area contributed by atoms with Crippen LogP contribution in [0.2, 0.25) is 0 Å². The number of phenolic OH excluding ortho intramolecular Hbond substituents is 2. The van der Waals surface area contributed by atoms with Crippen LogP contribution in [0, 0.1) is 5.92 Å². The molecule has 2 nitrogen and oxygen atoms in total. The van der Waals surface area contributed by atoms with E-state index in [0.717, 1.165) is 16.7 Å². The molecule has 0 aliphatic carbocycles. The van der Waals surface area contributed by atoms with Gasteiger partial charge in [0, 0.05) is 0 Å². The van der Waals surface area contributed by atoms with Crippen molar-refractivity contribution in [3.63, 3.8) is 0 Å². The van der Waals surface area contributed by atoms with Crippen molar-refractivity contribution in [3.8, 4) is 11.5 Å². The minimum atomic E-state index is 0.262. The minimum absolute atomic E-state index is 0.262. The second-order valence-electron chi connectivity index (χ2n) is 4.92. The van der Waals surface area contributed by atoms with Crippen LogP contribution in [0.5, 0.6) is 11.5 Å². The zero-order chi connectivity index (χ0) is 13.8. The lowest BCUT2D eigenvalue weighted by Crippen LogP contribution is -1.91. The van der Waals surface area contributed by atoms with Gasteiger partial charge in [-0.3, -0.25) is 0 Å². The smallest absolute Gasteiger partial charge is 0.115 e. The van der Waals surface area contributed by atoms with E-state index in [1.165, 1.54) is 0 Å². The molecule has 0 saturated heterocycles. The molecular formula is C17H18O2. The fourth-order valence-electron chi connectivity index (χ4n) is 1.97. The van der Waals surface area contributed by atoms with Crippen molar-refractivity contribution in [1.82, 2.24) is 0 Å². The van der Waals surface area contributed by atoms with Gasteiger partial charge in [0.25, 0.3) is 0 Å². The zero-order valence-electron chi connectivity index (χ0n) is 11.2. The molecule has 0 heterocycles. The number of allylic oxidation sites excluding steroid dienone is 1. The van der Waals surface area contributed by atoms with E-state index in [2.05, 4.69) is 19.9 Å². The summed E-state index contributed by atoms with van der Waals surface area (Å²) in [5, 5.41) is 18.7. The average Bonchev–Trinajstić information content (AvgIpc) is 2.38. The summed E-state index contributed by atoms with van der Waals surface area (Å²) >= 11 is 0. The summed E-state index contributed by atoms with van der Waals surface area (Å²) in [4.78, 5) is 0. The molecule has 0 saturated carbocycles. The van der Waals surface area contributed by atoms with Crippen LogP contribution in [0.25, 0.3) is 5.57 Å². The van der Waals surface area contributed by atoms with Gasteiger partial charge in [-0.1, -0.05) is 44.2 Å². The second kappa shape index (κ2) is 5.61. The molecule has 2 aromatic carbocycles. The summed E-state index contributed by atoms with van der Waals surface area (Å²) < 4.78 is 0. The summed E-state index contributed by atoms with van der Waals surface area (Å²) in [5.74, 6) is 0.939. The van der Waals surface area contributed by atoms with E-state index in [0.29, 0.717) is 5.92 Å². The van der Waals surface area contributed by atoms with E-state index >= 15 is 0 Å². The lowest BCUT2D eigenvalue weighted by Gasteiger charge is -2.11. The van der Waals surface area contributed by atoms with Crippen molar-refractivity contribution < 1.29 is 10.2 Å². The standard InChI is InChI=1S/C17H18O2/c1-12(2)11-17(13-3-7-15(18)8-4-13)14-5-9-16(19)10-6-14/h3-12,18-19H,1-2H3. The Morgan fingerprint density at radius 3 is 1.47 bits per heavy atom. The molecule has 2 heteroatoms. The summed E-state index contributed by atoms with van der Waals surface area (Å²) in [7, 11) is 0. The summed E-state index contributed by atoms with van der Waals surface area (Å²) in [6.45, 7) is 4.25. The van der Waals surface area contributed by atoms with Crippen LogP contribution in [0.15, 0.2) is 54.6 Å². The van der Waals surface area contributed by atoms with Crippen LogP contribution in [-0.2, 0) is 0 Å². The van der Waals surface area contributed by atoms with Crippen molar-refractivity contribution in [2.75, 3.05) is 0 Å². The SMILES string of the molecule is CC(C)C=C(c1ccc(O)cc1)c1ccc(O)cc1. The molecule has 2 N–H and O–H groups in total. The lowest BCUT2D eigenvalue weighted by atomic mass is 9.95. The zero-order valence-corrected chi connectivity index (χ0v) is 11.2. The lowest BCUT2D eigenvalue weighted by molar-refractivity contribution is 0.475. The first kappa shape index (κ1) is 13.2. The Hall–Kier alpha value is -2.22. The quantitative estimate of drug-likeness (QED) is 0.862. The summed E-state index contributed by atoms with van der Waals surface area (Å²) in [6.07, 6.45) is 2.18. The van der Waals surface area contributed by atoms with Gasteiger partial charge in [-0.15, -0.1) is 0 Å². The van der Waals surface area contributed by atoms with E-state index in [1.54, 1.807) is 24.3 Å². The molecule has 2 rings (SSSR count). The Morgan fingerprint density at radius 2 is 1.16 bits per heavy atom. The Kier molecular flexibility index (Phi) is 3.91. The third kappa shape index (κ3) is 3.38. The predicted molar refractivity (Wildman–Crippen MR) is 78.1 cm³/mol. The number of hydrogen-bond donors (Lipinski definition) is 2. The highest BCUT2D eigenvalue weighted by atomic mass is 16.3. The molecule has 2 aromatic rings. The Labute approximate surface area is 113 Å². The van der Waals surface area contributed by atoms with Gasteiger partial charge in [0.2, 0.25) is 0 Å². The van der Waals surface area contributed by atoms with Crippen LogP contribution in [-0.4, -0.2) is 10.2 Å². The first-order valence-corrected chi connectivity index (χ1v) is 6.37. The molecule has 0 aromatic heterocycles. The van der Waals surface area contributed by atoms with Gasteiger partial charge < -0.3 is 10.2 Å². The predicted octanol–water partition coefficient (Wildman–Crippen LogP) is 4.19. The molecule has 0 atom stereocenters. The van der Waals surface area contributed by atoms with E-state index in [-0.39, 0.29) is 11.5 Å². The minimum Gasteiger partial charge on any atom is -0.508 e. The van der Waals surface area contributed by atoms with Crippen LogP contribution < -0.4 is 0 Å². The monoisotopic (exact) mass is 254 g/mol. The molecule has 0 spiro atoms. The third-order valence-corrected chi connectivity index (χ3v) is 2.86. The molecule has 0 aliphatic rings. The highest BCUT2D eigenvalue weighted by Crippen LogP contribution is 2.27. The Balaban J connectivity index is 2.47. The molecular weight excluding hydrogens is 236 g/mol. The van der Waals surface area contributed by atoms with Gasteiger partial charge in [0.05, 0.1) is 0 Å². The van der Waals surface area contributed by atoms with Gasteiger partial charge in [-0.2, -0.15) is 0 Å². The van der Waals surface area contributed by atoms with Crippen molar-refractivity contribution in [2.24, 2.45) is 5.92 Å². The first-order valence-electron chi connectivity index (χ1n) is 6.37. The van der Waals surface area contributed by atoms with Crippen LogP contribution in [0.3, 0.4) is 0 Å². The topological polar surface area (TPSA) is 40.5 Å². The second-order valence-corrected chi connectivity index (χ2v) is 4.92. The number of aromatic hydroxyl groups is 2. The molecule has 0 unspecified atom stereocenters. The number of phenols is 2. The largest absolute Gasteiger partial charge is 0.508 e. The van der Waals surface area contributed by atoms with Gasteiger partial charge in [-0.05, 0) is 46.9 Å². The number of rotatable bonds is 3. The Bertz CT molecular complexity index is 516. The van der Waals surface area contributed by atoms with Gasteiger partial charge in [0.15, 0.2) is 0 Å². The summed E-state index contributed by atoms with van der Waals surface area (Å²) in [6, 6.07) is 14.3. The molecule has 0 fully saturated rings. The number of hydrogen-bond acceptors (Lipinski definition) is 2. The highest BCUT2D eigenvalue weighted by Gasteiger charge is 2.06. The van der Waals surface area contributed by atoms with Crippen molar-refractivity contribution in [2.45, 2.75) is 13.8 Å². The van der Waals surface area contributed by atoms with Gasteiger partial charge in [-0.25, -0.2) is 0 Å². The van der Waals surface area contributed by atoms with Crippen molar-refractivity contribution >= 4 is 5.57 Å². The fraction of sp³-hybridized carbons (Fsp3) is 0.176. The Morgan fingerprint density at radius 1 is 0.789 bits per heavy atom. The number of benzene rings is 2. The van der Waals surface area contributed by atoms with E-state index in [1.807, 2.05) is 24.3 Å².